The highest BCUT2D eigenvalue weighted by molar-refractivity contribution is 5.92. The van der Waals surface area contributed by atoms with Crippen molar-refractivity contribution in [2.24, 2.45) is 5.92 Å². The van der Waals surface area contributed by atoms with E-state index >= 15 is 0 Å². The maximum absolute atomic E-state index is 11.8. The van der Waals surface area contributed by atoms with Gasteiger partial charge in [0.25, 0.3) is 0 Å². The summed E-state index contributed by atoms with van der Waals surface area (Å²) in [4.78, 5) is 11.8. The van der Waals surface area contributed by atoms with E-state index in [1.165, 1.54) is 0 Å². The van der Waals surface area contributed by atoms with Gasteiger partial charge in [-0.15, -0.1) is 0 Å². The van der Waals surface area contributed by atoms with Gasteiger partial charge in [-0.1, -0.05) is 0 Å². The summed E-state index contributed by atoms with van der Waals surface area (Å²) in [5, 5.41) is 6.96. The minimum atomic E-state index is -0.0303. The topological polar surface area (TPSA) is 65.4 Å². The third-order valence-electron chi connectivity index (χ3n) is 2.73. The molecule has 0 aromatic carbocycles. The minimum absolute atomic E-state index is 0.00814. The van der Waals surface area contributed by atoms with Gasteiger partial charge >= 0.3 is 0 Å². The van der Waals surface area contributed by atoms with Gasteiger partial charge in [-0.3, -0.25) is 9.48 Å². The highest BCUT2D eigenvalue weighted by atomic mass is 16.5. The van der Waals surface area contributed by atoms with E-state index < -0.39 is 0 Å². The van der Waals surface area contributed by atoms with Crippen molar-refractivity contribution in [2.75, 3.05) is 32.2 Å². The zero-order chi connectivity index (χ0) is 12.1. The normalized spacial score (nSPS) is 19.5. The van der Waals surface area contributed by atoms with Crippen LogP contribution in [0, 0.1) is 5.92 Å². The fraction of sp³-hybridized carbons (Fsp3) is 0.636. The first-order valence-corrected chi connectivity index (χ1v) is 5.69. The Kier molecular flexibility index (Phi) is 4.11. The molecule has 2 heterocycles. The van der Waals surface area contributed by atoms with Gasteiger partial charge in [-0.25, -0.2) is 0 Å². The molecule has 1 aliphatic rings. The number of carbonyl (C=O) groups is 1. The van der Waals surface area contributed by atoms with Gasteiger partial charge < -0.3 is 14.8 Å². The number of nitrogens with zero attached hydrogens (tertiary/aromatic N) is 2. The van der Waals surface area contributed by atoms with Crippen LogP contribution >= 0.6 is 0 Å². The average molecular weight is 239 g/mol. The molecule has 1 fully saturated rings. The van der Waals surface area contributed by atoms with Crippen molar-refractivity contribution in [2.45, 2.75) is 13.0 Å². The summed E-state index contributed by atoms with van der Waals surface area (Å²) in [5.74, 6) is -0.0221. The minimum Gasteiger partial charge on any atom is -0.383 e. The highest BCUT2D eigenvalue weighted by Gasteiger charge is 2.23. The molecule has 1 N–H and O–H groups in total. The Morgan fingerprint density at radius 2 is 2.65 bits per heavy atom. The number of rotatable bonds is 5. The van der Waals surface area contributed by atoms with Crippen LogP contribution in [0.5, 0.6) is 0 Å². The molecule has 17 heavy (non-hydrogen) atoms. The lowest BCUT2D eigenvalue weighted by Gasteiger charge is -2.06. The summed E-state index contributed by atoms with van der Waals surface area (Å²) in [7, 11) is 1.65. The van der Waals surface area contributed by atoms with Crippen molar-refractivity contribution >= 4 is 11.6 Å². The number of carbonyl (C=O) groups excluding carboxylic acids is 1. The zero-order valence-electron chi connectivity index (χ0n) is 9.89. The first kappa shape index (κ1) is 12.1. The highest BCUT2D eigenvalue weighted by Crippen LogP contribution is 2.15. The standard InChI is InChI=1S/C11H17N3O3/c1-16-5-3-14-7-10(6-12-14)13-11(15)9-2-4-17-8-9/h6-7,9H,2-5,8H2,1H3,(H,13,15). The van der Waals surface area contributed by atoms with Crippen molar-refractivity contribution < 1.29 is 14.3 Å². The Balaban J connectivity index is 1.85. The van der Waals surface area contributed by atoms with E-state index in [9.17, 15) is 4.79 Å². The molecular formula is C11H17N3O3. The van der Waals surface area contributed by atoms with Crippen LogP contribution in [0.15, 0.2) is 12.4 Å². The Labute approximate surface area is 99.9 Å². The van der Waals surface area contributed by atoms with E-state index in [0.717, 1.165) is 12.1 Å². The van der Waals surface area contributed by atoms with Crippen molar-refractivity contribution in [3.8, 4) is 0 Å². The molecule has 1 unspecified atom stereocenters. The van der Waals surface area contributed by atoms with E-state index in [4.69, 9.17) is 9.47 Å². The Hall–Kier alpha value is -1.40. The van der Waals surface area contributed by atoms with Crippen LogP contribution in [-0.4, -0.2) is 42.6 Å². The molecule has 1 saturated heterocycles. The SMILES string of the molecule is COCCn1cc(NC(=O)C2CCOC2)cn1. The molecule has 1 amide bonds. The maximum Gasteiger partial charge on any atom is 0.229 e. The van der Waals surface area contributed by atoms with Crippen molar-refractivity contribution in [1.82, 2.24) is 9.78 Å². The van der Waals surface area contributed by atoms with Crippen LogP contribution < -0.4 is 5.32 Å². The van der Waals surface area contributed by atoms with Crippen LogP contribution in [0.1, 0.15) is 6.42 Å². The second-order valence-electron chi connectivity index (χ2n) is 4.03. The number of methoxy groups -OCH3 is 1. The fourth-order valence-corrected chi connectivity index (χ4v) is 1.72. The molecule has 0 bridgehead atoms. The van der Waals surface area contributed by atoms with Crippen molar-refractivity contribution in [1.29, 1.82) is 0 Å². The van der Waals surface area contributed by atoms with Gasteiger partial charge in [0, 0.05) is 19.9 Å². The second kappa shape index (κ2) is 5.79. The summed E-state index contributed by atoms with van der Waals surface area (Å²) in [6, 6.07) is 0. The summed E-state index contributed by atoms with van der Waals surface area (Å²) >= 11 is 0. The number of hydrogen-bond donors (Lipinski definition) is 1. The van der Waals surface area contributed by atoms with Crippen LogP contribution in [0.2, 0.25) is 0 Å². The molecule has 0 saturated carbocycles. The van der Waals surface area contributed by atoms with Crippen molar-refractivity contribution in [3.05, 3.63) is 12.4 Å². The summed E-state index contributed by atoms with van der Waals surface area (Å²) in [6.07, 6.45) is 4.24. The molecule has 6 heteroatoms. The zero-order valence-corrected chi connectivity index (χ0v) is 9.89. The summed E-state index contributed by atoms with van der Waals surface area (Å²) < 4.78 is 11.9. The largest absolute Gasteiger partial charge is 0.383 e. The molecule has 1 aromatic rings. The molecule has 0 spiro atoms. The number of aromatic nitrogens is 2. The monoisotopic (exact) mass is 239 g/mol. The van der Waals surface area contributed by atoms with Gasteiger partial charge in [-0.05, 0) is 6.42 Å². The lowest BCUT2D eigenvalue weighted by atomic mass is 10.1. The van der Waals surface area contributed by atoms with Crippen LogP contribution in [0.3, 0.4) is 0 Å². The van der Waals surface area contributed by atoms with E-state index in [0.29, 0.717) is 26.4 Å². The first-order chi connectivity index (χ1) is 8.29. The lowest BCUT2D eigenvalue weighted by molar-refractivity contribution is -0.119. The Bertz CT molecular complexity index is 372. The molecule has 1 aliphatic heterocycles. The van der Waals surface area contributed by atoms with Crippen LogP contribution in [0.25, 0.3) is 0 Å². The third kappa shape index (κ3) is 3.28. The van der Waals surface area contributed by atoms with Gasteiger partial charge in [-0.2, -0.15) is 5.10 Å². The number of hydrogen-bond acceptors (Lipinski definition) is 4. The Morgan fingerprint density at radius 1 is 1.76 bits per heavy atom. The second-order valence-corrected chi connectivity index (χ2v) is 4.03. The lowest BCUT2D eigenvalue weighted by Crippen LogP contribution is -2.22. The number of anilines is 1. The molecule has 2 rings (SSSR count). The van der Waals surface area contributed by atoms with E-state index in [1.54, 1.807) is 24.2 Å². The third-order valence-corrected chi connectivity index (χ3v) is 2.73. The predicted octanol–water partition coefficient (Wildman–Crippen LogP) is 0.504. The summed E-state index contributed by atoms with van der Waals surface area (Å²) in [6.45, 7) is 2.47. The van der Waals surface area contributed by atoms with Gasteiger partial charge in [0.05, 0.1) is 37.6 Å². The number of nitrogens with one attached hydrogen (secondary N) is 1. The molecule has 0 aliphatic carbocycles. The molecule has 1 atom stereocenters. The van der Waals surface area contributed by atoms with Gasteiger partial charge in [0.15, 0.2) is 0 Å². The molecule has 6 nitrogen and oxygen atoms in total. The maximum atomic E-state index is 11.8. The predicted molar refractivity (Wildman–Crippen MR) is 61.7 cm³/mol. The quantitative estimate of drug-likeness (QED) is 0.812. The van der Waals surface area contributed by atoms with E-state index in [2.05, 4.69) is 10.4 Å². The van der Waals surface area contributed by atoms with Crippen LogP contribution in [0.4, 0.5) is 5.69 Å². The first-order valence-electron chi connectivity index (χ1n) is 5.69. The van der Waals surface area contributed by atoms with Gasteiger partial charge in [0.2, 0.25) is 5.91 Å². The smallest absolute Gasteiger partial charge is 0.229 e. The fourth-order valence-electron chi connectivity index (χ4n) is 1.72. The molecule has 0 radical (unpaired) electrons. The average Bonchev–Trinajstić information content (AvgIpc) is 2.97. The van der Waals surface area contributed by atoms with Crippen molar-refractivity contribution in [3.63, 3.8) is 0 Å². The molecular weight excluding hydrogens is 222 g/mol. The molecule has 1 aromatic heterocycles. The van der Waals surface area contributed by atoms with Crippen LogP contribution in [-0.2, 0) is 20.8 Å². The summed E-state index contributed by atoms with van der Waals surface area (Å²) in [5.41, 5.74) is 0.720. The Morgan fingerprint density at radius 3 is 3.35 bits per heavy atom. The van der Waals surface area contributed by atoms with Gasteiger partial charge in [0.1, 0.15) is 0 Å². The van der Waals surface area contributed by atoms with E-state index in [-0.39, 0.29) is 11.8 Å². The van der Waals surface area contributed by atoms with E-state index in [1.807, 2.05) is 0 Å². The number of amides is 1. The number of ether oxygens (including phenoxy) is 2. The molecule has 94 valence electrons.